The number of hydrogen-bond donors (Lipinski definition) is 3. The van der Waals surface area contributed by atoms with E-state index in [0.29, 0.717) is 24.1 Å². The lowest BCUT2D eigenvalue weighted by molar-refractivity contribution is 0.249. The highest BCUT2D eigenvalue weighted by Crippen LogP contribution is 2.27. The SMILES string of the molecule is CN=C(NCc1ccc(F)c(CO)c1)NCC(c1cccs1)N1CCCC1.I. The predicted octanol–water partition coefficient (Wildman–Crippen LogP) is 3.50. The predicted molar refractivity (Wildman–Crippen MR) is 124 cm³/mol. The van der Waals surface area contributed by atoms with Crippen LogP contribution in [0.3, 0.4) is 0 Å². The van der Waals surface area contributed by atoms with Crippen LogP contribution in [0, 0.1) is 5.82 Å². The van der Waals surface area contributed by atoms with Gasteiger partial charge in [0.05, 0.1) is 12.6 Å². The van der Waals surface area contributed by atoms with Crippen LogP contribution >= 0.6 is 35.3 Å². The van der Waals surface area contributed by atoms with E-state index in [4.69, 9.17) is 0 Å². The summed E-state index contributed by atoms with van der Waals surface area (Å²) in [6.45, 7) is 3.27. The van der Waals surface area contributed by atoms with E-state index in [1.165, 1.54) is 23.8 Å². The average molecular weight is 518 g/mol. The van der Waals surface area contributed by atoms with Crippen molar-refractivity contribution in [3.63, 3.8) is 0 Å². The van der Waals surface area contributed by atoms with E-state index in [2.05, 4.69) is 38.0 Å². The molecule has 0 aliphatic carbocycles. The number of thiophene rings is 1. The van der Waals surface area contributed by atoms with E-state index in [9.17, 15) is 9.50 Å². The molecule has 0 amide bonds. The number of aliphatic hydroxyl groups excluding tert-OH is 1. The molecule has 154 valence electrons. The van der Waals surface area contributed by atoms with E-state index in [-0.39, 0.29) is 36.4 Å². The monoisotopic (exact) mass is 518 g/mol. The van der Waals surface area contributed by atoms with Gasteiger partial charge < -0.3 is 15.7 Å². The number of guanidine groups is 1. The third-order valence-electron chi connectivity index (χ3n) is 4.88. The molecule has 0 spiro atoms. The summed E-state index contributed by atoms with van der Waals surface area (Å²) in [5.74, 6) is 0.332. The van der Waals surface area contributed by atoms with Crippen LogP contribution in [-0.2, 0) is 13.2 Å². The van der Waals surface area contributed by atoms with E-state index in [0.717, 1.165) is 25.2 Å². The standard InChI is InChI=1S/C20H27FN4OS.HI/c1-22-20(23-12-15-6-7-17(21)16(11-15)14-26)24-13-18(19-5-4-10-27-19)25-8-2-3-9-25;/h4-7,10-11,18,26H,2-3,8-9,12-14H2,1H3,(H2,22,23,24);1H. The smallest absolute Gasteiger partial charge is 0.191 e. The molecule has 1 atom stereocenters. The van der Waals surface area contributed by atoms with Crippen LogP contribution in [0.15, 0.2) is 40.7 Å². The van der Waals surface area contributed by atoms with Gasteiger partial charge in [0.2, 0.25) is 0 Å². The number of nitrogens with one attached hydrogen (secondary N) is 2. The Labute approximate surface area is 187 Å². The normalized spacial score (nSPS) is 15.9. The Morgan fingerprint density at radius 1 is 1.29 bits per heavy atom. The van der Waals surface area contributed by atoms with Crippen LogP contribution < -0.4 is 10.6 Å². The van der Waals surface area contributed by atoms with Crippen molar-refractivity contribution < 1.29 is 9.50 Å². The van der Waals surface area contributed by atoms with Gasteiger partial charge in [-0.1, -0.05) is 12.1 Å². The second kappa shape index (κ2) is 11.7. The average Bonchev–Trinajstić information content (AvgIpc) is 3.40. The number of halogens is 2. The number of nitrogens with zero attached hydrogens (tertiary/aromatic N) is 2. The van der Waals surface area contributed by atoms with Crippen LogP contribution in [-0.4, -0.2) is 42.6 Å². The largest absolute Gasteiger partial charge is 0.392 e. The first-order valence-electron chi connectivity index (χ1n) is 9.31. The Morgan fingerprint density at radius 2 is 2.07 bits per heavy atom. The fraction of sp³-hybridized carbons (Fsp3) is 0.450. The molecule has 1 fully saturated rings. The summed E-state index contributed by atoms with van der Waals surface area (Å²) >= 11 is 1.79. The minimum absolute atomic E-state index is 0. The van der Waals surface area contributed by atoms with Crippen LogP contribution in [0.5, 0.6) is 0 Å². The molecule has 1 saturated heterocycles. The zero-order valence-electron chi connectivity index (χ0n) is 16.0. The van der Waals surface area contributed by atoms with E-state index in [1.807, 2.05) is 0 Å². The summed E-state index contributed by atoms with van der Waals surface area (Å²) in [6.07, 6.45) is 2.51. The molecule has 2 heterocycles. The Balaban J connectivity index is 0.00000280. The van der Waals surface area contributed by atoms with E-state index < -0.39 is 0 Å². The van der Waals surface area contributed by atoms with Crippen molar-refractivity contribution in [2.75, 3.05) is 26.7 Å². The molecule has 1 aliphatic rings. The van der Waals surface area contributed by atoms with E-state index in [1.54, 1.807) is 30.5 Å². The first-order chi connectivity index (χ1) is 13.2. The highest BCUT2D eigenvalue weighted by molar-refractivity contribution is 14.0. The minimum atomic E-state index is -0.381. The van der Waals surface area contributed by atoms with Crippen LogP contribution in [0.4, 0.5) is 4.39 Å². The highest BCUT2D eigenvalue weighted by Gasteiger charge is 2.24. The van der Waals surface area contributed by atoms with Gasteiger partial charge in [0.25, 0.3) is 0 Å². The van der Waals surface area contributed by atoms with Gasteiger partial charge in [0.15, 0.2) is 5.96 Å². The molecule has 1 unspecified atom stereocenters. The van der Waals surface area contributed by atoms with Gasteiger partial charge in [0.1, 0.15) is 5.82 Å². The van der Waals surface area contributed by atoms with Gasteiger partial charge in [-0.05, 0) is 55.1 Å². The minimum Gasteiger partial charge on any atom is -0.392 e. The lowest BCUT2D eigenvalue weighted by Crippen LogP contribution is -2.42. The number of hydrogen-bond acceptors (Lipinski definition) is 4. The van der Waals surface area contributed by atoms with Crippen LogP contribution in [0.25, 0.3) is 0 Å². The molecule has 0 bridgehead atoms. The lowest BCUT2D eigenvalue weighted by Gasteiger charge is -2.27. The van der Waals surface area contributed by atoms with Gasteiger partial charge in [-0.3, -0.25) is 9.89 Å². The van der Waals surface area contributed by atoms with Gasteiger partial charge in [-0.25, -0.2) is 4.39 Å². The summed E-state index contributed by atoms with van der Waals surface area (Å²) in [5, 5.41) is 18.0. The third kappa shape index (κ3) is 6.13. The maximum Gasteiger partial charge on any atom is 0.191 e. The lowest BCUT2D eigenvalue weighted by atomic mass is 10.1. The first-order valence-corrected chi connectivity index (χ1v) is 10.2. The molecule has 0 saturated carbocycles. The van der Waals surface area contributed by atoms with Crippen molar-refractivity contribution in [3.05, 3.63) is 57.5 Å². The van der Waals surface area contributed by atoms with Gasteiger partial charge >= 0.3 is 0 Å². The molecular formula is C20H28FIN4OS. The quantitative estimate of drug-likeness (QED) is 0.299. The Hall–Kier alpha value is -1.23. The molecule has 1 aromatic carbocycles. The molecule has 5 nitrogen and oxygen atoms in total. The topological polar surface area (TPSA) is 59.9 Å². The second-order valence-corrected chi connectivity index (χ2v) is 7.64. The van der Waals surface area contributed by atoms with Crippen molar-refractivity contribution in [1.82, 2.24) is 15.5 Å². The van der Waals surface area contributed by atoms with Gasteiger partial charge in [0, 0.05) is 30.6 Å². The molecule has 1 aromatic heterocycles. The maximum absolute atomic E-state index is 13.5. The maximum atomic E-state index is 13.5. The number of rotatable bonds is 7. The summed E-state index contributed by atoms with van der Waals surface area (Å²) in [5.41, 5.74) is 1.21. The fourth-order valence-corrected chi connectivity index (χ4v) is 4.26. The van der Waals surface area contributed by atoms with Gasteiger partial charge in [-0.2, -0.15) is 0 Å². The summed E-state index contributed by atoms with van der Waals surface area (Å²) in [6, 6.07) is 9.42. The molecular weight excluding hydrogens is 490 g/mol. The molecule has 3 N–H and O–H groups in total. The molecule has 1 aliphatic heterocycles. The first kappa shape index (κ1) is 23.1. The Kier molecular flexibility index (Phi) is 9.63. The van der Waals surface area contributed by atoms with Crippen LogP contribution in [0.2, 0.25) is 0 Å². The summed E-state index contributed by atoms with van der Waals surface area (Å²) in [4.78, 5) is 8.19. The summed E-state index contributed by atoms with van der Waals surface area (Å²) in [7, 11) is 1.75. The molecule has 0 radical (unpaired) electrons. The fourth-order valence-electron chi connectivity index (χ4n) is 3.40. The molecule has 3 rings (SSSR count). The molecule has 8 heteroatoms. The third-order valence-corrected chi connectivity index (χ3v) is 5.85. The molecule has 28 heavy (non-hydrogen) atoms. The number of benzene rings is 1. The zero-order chi connectivity index (χ0) is 19.1. The number of aliphatic imine (C=N–C) groups is 1. The van der Waals surface area contributed by atoms with E-state index >= 15 is 0 Å². The van der Waals surface area contributed by atoms with Crippen molar-refractivity contribution in [1.29, 1.82) is 0 Å². The van der Waals surface area contributed by atoms with Crippen molar-refractivity contribution in [2.24, 2.45) is 4.99 Å². The Bertz CT molecular complexity index is 751. The Morgan fingerprint density at radius 3 is 2.71 bits per heavy atom. The van der Waals surface area contributed by atoms with Gasteiger partial charge in [-0.15, -0.1) is 35.3 Å². The van der Waals surface area contributed by atoms with Crippen molar-refractivity contribution in [2.45, 2.75) is 32.0 Å². The van der Waals surface area contributed by atoms with Crippen LogP contribution in [0.1, 0.15) is 34.9 Å². The molecule has 2 aromatic rings. The summed E-state index contributed by atoms with van der Waals surface area (Å²) < 4.78 is 13.5. The number of likely N-dealkylation sites (tertiary alicyclic amines) is 1. The second-order valence-electron chi connectivity index (χ2n) is 6.66. The highest BCUT2D eigenvalue weighted by atomic mass is 127. The number of aliphatic hydroxyl groups is 1. The van der Waals surface area contributed by atoms with Crippen molar-refractivity contribution >= 4 is 41.3 Å². The van der Waals surface area contributed by atoms with Crippen molar-refractivity contribution in [3.8, 4) is 0 Å². The zero-order valence-corrected chi connectivity index (χ0v) is 19.2.